The number of hydrogen-bond donors (Lipinski definition) is 1. The van der Waals surface area contributed by atoms with E-state index in [1.54, 1.807) is 6.07 Å². The van der Waals surface area contributed by atoms with E-state index in [0.717, 1.165) is 15.6 Å². The summed E-state index contributed by atoms with van der Waals surface area (Å²) in [6.07, 6.45) is 0. The van der Waals surface area contributed by atoms with E-state index in [2.05, 4.69) is 21.2 Å². The van der Waals surface area contributed by atoms with Crippen LogP contribution < -0.4 is 5.32 Å². The number of carbonyl (C=O) groups is 1. The highest BCUT2D eigenvalue weighted by Gasteiger charge is 2.17. The molecule has 2 aromatic carbocycles. The Hall–Kier alpha value is -1.32. The lowest BCUT2D eigenvalue weighted by molar-refractivity contribution is 0.0944. The number of hydrogen-bond acceptors (Lipinski definition) is 1. The smallest absolute Gasteiger partial charge is 0.253 e. The Labute approximate surface area is 132 Å². The van der Waals surface area contributed by atoms with Crippen LogP contribution in [0.15, 0.2) is 46.9 Å². The maximum absolute atomic E-state index is 12.3. The van der Waals surface area contributed by atoms with Crippen molar-refractivity contribution < 1.29 is 4.79 Å². The van der Waals surface area contributed by atoms with E-state index in [9.17, 15) is 4.79 Å². The zero-order valence-electron chi connectivity index (χ0n) is 11.3. The lowest BCUT2D eigenvalue weighted by atomic mass is 9.99. The van der Waals surface area contributed by atoms with Gasteiger partial charge in [-0.1, -0.05) is 51.8 Å². The lowest BCUT2D eigenvalue weighted by Gasteiger charge is -2.14. The van der Waals surface area contributed by atoms with Crippen LogP contribution >= 0.6 is 27.5 Å². The van der Waals surface area contributed by atoms with E-state index in [1.807, 2.05) is 50.2 Å². The minimum atomic E-state index is -0.150. The molecule has 0 aromatic heterocycles. The van der Waals surface area contributed by atoms with Crippen molar-refractivity contribution >= 4 is 33.4 Å². The van der Waals surface area contributed by atoms with Crippen LogP contribution in [0.1, 0.15) is 24.2 Å². The Morgan fingerprint density at radius 2 is 1.80 bits per heavy atom. The molecule has 20 heavy (non-hydrogen) atoms. The zero-order valence-corrected chi connectivity index (χ0v) is 13.6. The minimum Gasteiger partial charge on any atom is -0.350 e. The highest BCUT2D eigenvalue weighted by Crippen LogP contribution is 2.30. The molecule has 0 aliphatic heterocycles. The molecule has 2 aromatic rings. The molecule has 0 aliphatic carbocycles. The van der Waals surface area contributed by atoms with Crippen LogP contribution in [0.4, 0.5) is 0 Å². The molecule has 0 unspecified atom stereocenters. The van der Waals surface area contributed by atoms with Gasteiger partial charge in [-0.3, -0.25) is 4.79 Å². The van der Waals surface area contributed by atoms with E-state index in [0.29, 0.717) is 10.6 Å². The van der Waals surface area contributed by atoms with Crippen LogP contribution in [0.25, 0.3) is 11.1 Å². The van der Waals surface area contributed by atoms with Crippen molar-refractivity contribution in [2.24, 2.45) is 0 Å². The van der Waals surface area contributed by atoms with Crippen molar-refractivity contribution in [3.63, 3.8) is 0 Å². The molecule has 104 valence electrons. The second-order valence-corrected chi connectivity index (χ2v) is 6.12. The number of benzene rings is 2. The van der Waals surface area contributed by atoms with Crippen LogP contribution in [0.2, 0.25) is 5.02 Å². The Balaban J connectivity index is 2.51. The normalized spacial score (nSPS) is 10.7. The molecular formula is C16H15BrClNO. The molecule has 0 aliphatic rings. The van der Waals surface area contributed by atoms with Gasteiger partial charge in [0, 0.05) is 10.5 Å². The molecule has 0 fully saturated rings. The molecule has 0 heterocycles. The van der Waals surface area contributed by atoms with Gasteiger partial charge in [0.15, 0.2) is 0 Å². The first-order chi connectivity index (χ1) is 9.49. The van der Waals surface area contributed by atoms with Crippen molar-refractivity contribution in [3.05, 3.63) is 57.5 Å². The third kappa shape index (κ3) is 3.41. The van der Waals surface area contributed by atoms with E-state index >= 15 is 0 Å². The van der Waals surface area contributed by atoms with Crippen molar-refractivity contribution in [1.82, 2.24) is 5.32 Å². The first kappa shape index (κ1) is 15.1. The first-order valence-electron chi connectivity index (χ1n) is 6.34. The van der Waals surface area contributed by atoms with Gasteiger partial charge in [-0.05, 0) is 43.2 Å². The standard InChI is InChI=1S/C16H15BrClNO/c1-10(2)19-16(20)15-13(4-3-5-14(15)18)11-6-8-12(17)9-7-11/h3-10H,1-2H3,(H,19,20). The van der Waals surface area contributed by atoms with Gasteiger partial charge in [0.1, 0.15) is 0 Å². The Morgan fingerprint density at radius 1 is 1.15 bits per heavy atom. The Kier molecular flexibility index (Phi) is 4.84. The van der Waals surface area contributed by atoms with Crippen molar-refractivity contribution in [2.45, 2.75) is 19.9 Å². The number of halogens is 2. The summed E-state index contributed by atoms with van der Waals surface area (Å²) >= 11 is 9.63. The molecule has 0 radical (unpaired) electrons. The van der Waals surface area contributed by atoms with Gasteiger partial charge in [-0.2, -0.15) is 0 Å². The number of carbonyl (C=O) groups excluding carboxylic acids is 1. The summed E-state index contributed by atoms with van der Waals surface area (Å²) in [4.78, 5) is 12.3. The van der Waals surface area contributed by atoms with Gasteiger partial charge in [-0.15, -0.1) is 0 Å². The van der Waals surface area contributed by atoms with E-state index in [-0.39, 0.29) is 11.9 Å². The quantitative estimate of drug-likeness (QED) is 0.835. The first-order valence-corrected chi connectivity index (χ1v) is 7.51. The summed E-state index contributed by atoms with van der Waals surface area (Å²) < 4.78 is 0.997. The molecular weight excluding hydrogens is 338 g/mol. The van der Waals surface area contributed by atoms with Crippen LogP contribution in [0.5, 0.6) is 0 Å². The summed E-state index contributed by atoms with van der Waals surface area (Å²) in [5, 5.41) is 3.35. The average molecular weight is 353 g/mol. The average Bonchev–Trinajstić information content (AvgIpc) is 2.38. The third-order valence-corrected chi connectivity index (χ3v) is 3.66. The fourth-order valence-electron chi connectivity index (χ4n) is 1.96. The number of nitrogens with one attached hydrogen (secondary N) is 1. The molecule has 1 amide bonds. The highest BCUT2D eigenvalue weighted by atomic mass is 79.9. The van der Waals surface area contributed by atoms with Gasteiger partial charge in [-0.25, -0.2) is 0 Å². The second-order valence-electron chi connectivity index (χ2n) is 4.80. The topological polar surface area (TPSA) is 29.1 Å². The Morgan fingerprint density at radius 3 is 2.40 bits per heavy atom. The molecule has 2 rings (SSSR count). The van der Waals surface area contributed by atoms with E-state index < -0.39 is 0 Å². The van der Waals surface area contributed by atoms with Gasteiger partial charge in [0.05, 0.1) is 10.6 Å². The predicted molar refractivity (Wildman–Crippen MR) is 87.2 cm³/mol. The van der Waals surface area contributed by atoms with Crippen LogP contribution in [0.3, 0.4) is 0 Å². The van der Waals surface area contributed by atoms with E-state index in [4.69, 9.17) is 11.6 Å². The largest absolute Gasteiger partial charge is 0.350 e. The van der Waals surface area contributed by atoms with Crippen LogP contribution in [-0.4, -0.2) is 11.9 Å². The zero-order chi connectivity index (χ0) is 14.7. The lowest BCUT2D eigenvalue weighted by Crippen LogP contribution is -2.30. The third-order valence-electron chi connectivity index (χ3n) is 2.82. The van der Waals surface area contributed by atoms with Gasteiger partial charge < -0.3 is 5.32 Å². The van der Waals surface area contributed by atoms with Crippen molar-refractivity contribution in [1.29, 1.82) is 0 Å². The molecule has 0 spiro atoms. The number of amides is 1. The maximum atomic E-state index is 12.3. The molecule has 4 heteroatoms. The molecule has 0 saturated heterocycles. The van der Waals surface area contributed by atoms with E-state index in [1.165, 1.54) is 0 Å². The molecule has 2 nitrogen and oxygen atoms in total. The number of rotatable bonds is 3. The SMILES string of the molecule is CC(C)NC(=O)c1c(Cl)cccc1-c1ccc(Br)cc1. The van der Waals surface area contributed by atoms with Crippen molar-refractivity contribution in [3.8, 4) is 11.1 Å². The fourth-order valence-corrected chi connectivity index (χ4v) is 2.48. The summed E-state index contributed by atoms with van der Waals surface area (Å²) in [6, 6.07) is 13.4. The van der Waals surface area contributed by atoms with Gasteiger partial charge in [0.25, 0.3) is 5.91 Å². The molecule has 0 saturated carbocycles. The molecule has 0 bridgehead atoms. The summed E-state index contributed by atoms with van der Waals surface area (Å²) in [6.45, 7) is 3.85. The summed E-state index contributed by atoms with van der Waals surface area (Å²) in [5.74, 6) is -0.150. The summed E-state index contributed by atoms with van der Waals surface area (Å²) in [5.41, 5.74) is 2.32. The van der Waals surface area contributed by atoms with Crippen LogP contribution in [-0.2, 0) is 0 Å². The summed E-state index contributed by atoms with van der Waals surface area (Å²) in [7, 11) is 0. The van der Waals surface area contributed by atoms with Gasteiger partial charge >= 0.3 is 0 Å². The molecule has 1 N–H and O–H groups in total. The minimum absolute atomic E-state index is 0.0662. The van der Waals surface area contributed by atoms with Crippen LogP contribution in [0, 0.1) is 0 Å². The van der Waals surface area contributed by atoms with Crippen molar-refractivity contribution in [2.75, 3.05) is 0 Å². The highest BCUT2D eigenvalue weighted by molar-refractivity contribution is 9.10. The monoisotopic (exact) mass is 351 g/mol. The predicted octanol–water partition coefficient (Wildman–Crippen LogP) is 4.91. The maximum Gasteiger partial charge on any atom is 0.253 e. The second kappa shape index (κ2) is 6.42. The fraction of sp³-hybridized carbons (Fsp3) is 0.188. The Bertz CT molecular complexity index is 623. The molecule has 0 atom stereocenters. The van der Waals surface area contributed by atoms with Gasteiger partial charge in [0.2, 0.25) is 0 Å².